The Morgan fingerprint density at radius 3 is 2.67 bits per heavy atom. The van der Waals surface area contributed by atoms with Crippen molar-refractivity contribution in [2.75, 3.05) is 27.3 Å². The van der Waals surface area contributed by atoms with Crippen LogP contribution in [0.4, 0.5) is 0 Å². The van der Waals surface area contributed by atoms with Gasteiger partial charge in [-0.1, -0.05) is 12.0 Å². The largest absolute Gasteiger partial charge is 0.497 e. The number of ether oxygens (including phenoxy) is 2. The summed E-state index contributed by atoms with van der Waals surface area (Å²) < 4.78 is 10.5. The summed E-state index contributed by atoms with van der Waals surface area (Å²) in [7, 11) is 3.27. The number of nitrogens with two attached hydrogens (primary N) is 1. The molecular formula is C14H20N2O2. The zero-order valence-corrected chi connectivity index (χ0v) is 11.1. The van der Waals surface area contributed by atoms with Crippen LogP contribution in [0, 0.1) is 11.8 Å². The molecule has 0 aliphatic carbocycles. The van der Waals surface area contributed by atoms with Gasteiger partial charge in [-0.05, 0) is 13.0 Å². The monoisotopic (exact) mass is 248 g/mol. The summed E-state index contributed by atoms with van der Waals surface area (Å²) in [6.07, 6.45) is 0. The van der Waals surface area contributed by atoms with Gasteiger partial charge in [0.2, 0.25) is 0 Å². The summed E-state index contributed by atoms with van der Waals surface area (Å²) in [6, 6.07) is 5.73. The Balaban J connectivity index is 2.92. The van der Waals surface area contributed by atoms with E-state index in [0.717, 1.165) is 17.1 Å². The molecule has 0 aromatic heterocycles. The van der Waals surface area contributed by atoms with E-state index in [4.69, 9.17) is 15.2 Å². The van der Waals surface area contributed by atoms with Crippen molar-refractivity contribution >= 4 is 0 Å². The van der Waals surface area contributed by atoms with Crippen LogP contribution in [0.15, 0.2) is 18.2 Å². The minimum absolute atomic E-state index is 0.0201. The maximum Gasteiger partial charge on any atom is 0.127 e. The summed E-state index contributed by atoms with van der Waals surface area (Å²) in [4.78, 5) is 0. The highest BCUT2D eigenvalue weighted by Crippen LogP contribution is 2.28. The molecule has 0 amide bonds. The third kappa shape index (κ3) is 3.66. The summed E-state index contributed by atoms with van der Waals surface area (Å²) in [5, 5.41) is 3.28. The van der Waals surface area contributed by atoms with Gasteiger partial charge in [-0.15, -0.1) is 5.92 Å². The van der Waals surface area contributed by atoms with E-state index in [1.54, 1.807) is 14.2 Å². The van der Waals surface area contributed by atoms with E-state index in [0.29, 0.717) is 13.1 Å². The van der Waals surface area contributed by atoms with Gasteiger partial charge in [-0.2, -0.15) is 0 Å². The molecular weight excluding hydrogens is 228 g/mol. The standard InChI is InChI=1S/C14H20N2O2/c1-4-5-8-16-13(10-15)12-7-6-11(17-2)9-14(12)18-3/h6-7,9,13,16H,8,10,15H2,1-3H3. The topological polar surface area (TPSA) is 56.5 Å². The van der Waals surface area contributed by atoms with Crippen LogP contribution in [0.5, 0.6) is 11.5 Å². The molecule has 1 aromatic carbocycles. The molecule has 1 unspecified atom stereocenters. The normalized spacial score (nSPS) is 11.3. The highest BCUT2D eigenvalue weighted by Gasteiger charge is 2.14. The first kappa shape index (κ1) is 14.4. The highest BCUT2D eigenvalue weighted by atomic mass is 16.5. The molecule has 0 heterocycles. The fraction of sp³-hybridized carbons (Fsp3) is 0.429. The summed E-state index contributed by atoms with van der Waals surface area (Å²) in [5.41, 5.74) is 6.80. The van der Waals surface area contributed by atoms with Crippen molar-refractivity contribution in [3.8, 4) is 23.3 Å². The maximum atomic E-state index is 5.78. The van der Waals surface area contributed by atoms with Gasteiger partial charge >= 0.3 is 0 Å². The Hall–Kier alpha value is -1.70. The maximum absolute atomic E-state index is 5.78. The Labute approximate surface area is 108 Å². The van der Waals surface area contributed by atoms with Crippen LogP contribution < -0.4 is 20.5 Å². The minimum Gasteiger partial charge on any atom is -0.497 e. The third-order valence-electron chi connectivity index (χ3n) is 2.67. The smallest absolute Gasteiger partial charge is 0.127 e. The molecule has 0 aliphatic heterocycles. The molecule has 1 atom stereocenters. The van der Waals surface area contributed by atoms with Gasteiger partial charge in [-0.25, -0.2) is 0 Å². The molecule has 0 saturated carbocycles. The van der Waals surface area contributed by atoms with Crippen LogP contribution in [-0.2, 0) is 0 Å². The number of nitrogens with one attached hydrogen (secondary N) is 1. The van der Waals surface area contributed by atoms with E-state index in [-0.39, 0.29) is 6.04 Å². The van der Waals surface area contributed by atoms with Gasteiger partial charge in [0.05, 0.1) is 20.8 Å². The molecule has 4 nitrogen and oxygen atoms in total. The lowest BCUT2D eigenvalue weighted by Crippen LogP contribution is -2.28. The second-order valence-electron chi connectivity index (χ2n) is 3.70. The van der Waals surface area contributed by atoms with Crippen LogP contribution in [0.1, 0.15) is 18.5 Å². The van der Waals surface area contributed by atoms with Crippen molar-refractivity contribution in [2.45, 2.75) is 13.0 Å². The average Bonchev–Trinajstić information content (AvgIpc) is 2.43. The molecule has 4 heteroatoms. The Kier molecular flexibility index (Phi) is 6.06. The van der Waals surface area contributed by atoms with Gasteiger partial charge in [0.15, 0.2) is 0 Å². The highest BCUT2D eigenvalue weighted by molar-refractivity contribution is 5.42. The number of rotatable bonds is 6. The minimum atomic E-state index is 0.0201. The first-order valence-electron chi connectivity index (χ1n) is 5.81. The average molecular weight is 248 g/mol. The molecule has 1 aromatic rings. The van der Waals surface area contributed by atoms with Gasteiger partial charge in [0.25, 0.3) is 0 Å². The van der Waals surface area contributed by atoms with Gasteiger partial charge in [0, 0.05) is 24.2 Å². The third-order valence-corrected chi connectivity index (χ3v) is 2.67. The molecule has 0 saturated heterocycles. The number of benzene rings is 1. The number of methoxy groups -OCH3 is 2. The van der Waals surface area contributed by atoms with Crippen molar-refractivity contribution in [3.63, 3.8) is 0 Å². The summed E-state index contributed by atoms with van der Waals surface area (Å²) in [6.45, 7) is 2.90. The molecule has 18 heavy (non-hydrogen) atoms. The van der Waals surface area contributed by atoms with E-state index in [1.807, 2.05) is 25.1 Å². The fourth-order valence-corrected chi connectivity index (χ4v) is 1.69. The molecule has 98 valence electrons. The van der Waals surface area contributed by atoms with E-state index >= 15 is 0 Å². The van der Waals surface area contributed by atoms with Crippen LogP contribution in [0.25, 0.3) is 0 Å². The van der Waals surface area contributed by atoms with Crippen molar-refractivity contribution in [1.82, 2.24) is 5.32 Å². The zero-order valence-electron chi connectivity index (χ0n) is 11.1. The van der Waals surface area contributed by atoms with Crippen molar-refractivity contribution in [3.05, 3.63) is 23.8 Å². The van der Waals surface area contributed by atoms with Gasteiger partial charge in [-0.3, -0.25) is 5.32 Å². The molecule has 0 radical (unpaired) electrons. The van der Waals surface area contributed by atoms with Crippen molar-refractivity contribution < 1.29 is 9.47 Å². The Morgan fingerprint density at radius 1 is 1.33 bits per heavy atom. The van der Waals surface area contributed by atoms with E-state index < -0.39 is 0 Å². The van der Waals surface area contributed by atoms with Crippen LogP contribution in [-0.4, -0.2) is 27.3 Å². The van der Waals surface area contributed by atoms with Gasteiger partial charge in [0.1, 0.15) is 11.5 Å². The van der Waals surface area contributed by atoms with Crippen molar-refractivity contribution in [2.24, 2.45) is 5.73 Å². The lowest BCUT2D eigenvalue weighted by atomic mass is 10.1. The summed E-state index contributed by atoms with van der Waals surface area (Å²) >= 11 is 0. The van der Waals surface area contributed by atoms with Crippen molar-refractivity contribution in [1.29, 1.82) is 0 Å². The lowest BCUT2D eigenvalue weighted by Gasteiger charge is -2.19. The zero-order chi connectivity index (χ0) is 13.4. The number of hydrogen-bond donors (Lipinski definition) is 2. The molecule has 0 bridgehead atoms. The quantitative estimate of drug-likeness (QED) is 0.745. The second kappa shape index (κ2) is 7.59. The Bertz CT molecular complexity index is 435. The molecule has 0 fully saturated rings. The SMILES string of the molecule is CC#CCNC(CN)c1ccc(OC)cc1OC. The second-order valence-corrected chi connectivity index (χ2v) is 3.70. The van der Waals surface area contributed by atoms with Crippen LogP contribution in [0.2, 0.25) is 0 Å². The first-order valence-corrected chi connectivity index (χ1v) is 5.81. The van der Waals surface area contributed by atoms with Crippen LogP contribution in [0.3, 0.4) is 0 Å². The van der Waals surface area contributed by atoms with E-state index in [1.165, 1.54) is 0 Å². The lowest BCUT2D eigenvalue weighted by molar-refractivity contribution is 0.385. The predicted octanol–water partition coefficient (Wildman–Crippen LogP) is 1.32. The number of hydrogen-bond acceptors (Lipinski definition) is 4. The fourth-order valence-electron chi connectivity index (χ4n) is 1.69. The molecule has 0 spiro atoms. The first-order chi connectivity index (χ1) is 8.76. The predicted molar refractivity (Wildman–Crippen MR) is 72.8 cm³/mol. The molecule has 0 aliphatic rings. The van der Waals surface area contributed by atoms with Gasteiger partial charge < -0.3 is 15.2 Å². The van der Waals surface area contributed by atoms with E-state index in [2.05, 4.69) is 17.2 Å². The molecule has 1 rings (SSSR count). The molecule has 3 N–H and O–H groups in total. The van der Waals surface area contributed by atoms with E-state index in [9.17, 15) is 0 Å². The Morgan fingerprint density at radius 2 is 2.11 bits per heavy atom. The summed E-state index contributed by atoms with van der Waals surface area (Å²) in [5.74, 6) is 7.33. The van der Waals surface area contributed by atoms with Crippen LogP contribution >= 0.6 is 0 Å².